The van der Waals surface area contributed by atoms with Crippen molar-refractivity contribution < 1.29 is 12.8 Å². The number of likely N-dealkylation sites (N-methyl/N-ethyl adjacent to an activating group) is 1. The molecule has 2 N–H and O–H groups in total. The largest absolute Gasteiger partial charge is 0.355 e. The van der Waals surface area contributed by atoms with E-state index in [1.165, 1.54) is 18.4 Å². The first-order chi connectivity index (χ1) is 11.7. The molecule has 150 valence electrons. The van der Waals surface area contributed by atoms with Gasteiger partial charge < -0.3 is 15.5 Å². The van der Waals surface area contributed by atoms with Crippen LogP contribution in [0.1, 0.15) is 18.9 Å². The van der Waals surface area contributed by atoms with Crippen LogP contribution in [0.3, 0.4) is 0 Å². The fourth-order valence-corrected chi connectivity index (χ4v) is 3.02. The van der Waals surface area contributed by atoms with Crippen molar-refractivity contribution in [3.05, 3.63) is 35.6 Å². The quantitative estimate of drug-likeness (QED) is 0.308. The van der Waals surface area contributed by atoms with Gasteiger partial charge in [-0.05, 0) is 38.1 Å². The maximum absolute atomic E-state index is 12.9. The molecule has 1 aromatic carbocycles. The molecule has 0 saturated carbocycles. The highest BCUT2D eigenvalue weighted by Gasteiger charge is 2.09. The van der Waals surface area contributed by atoms with Crippen LogP contribution in [0.15, 0.2) is 29.3 Å². The molecule has 0 amide bonds. The van der Waals surface area contributed by atoms with E-state index < -0.39 is 9.84 Å². The average Bonchev–Trinajstić information content (AvgIpc) is 2.53. The summed E-state index contributed by atoms with van der Waals surface area (Å²) in [6, 6.07) is 6.50. The Bertz CT molecular complexity index is 653. The molecule has 0 spiro atoms. The molecule has 0 heterocycles. The molecule has 1 unspecified atom stereocenters. The van der Waals surface area contributed by atoms with E-state index in [2.05, 4.69) is 20.5 Å². The Hall–Kier alpha value is -0.940. The number of benzene rings is 1. The van der Waals surface area contributed by atoms with Gasteiger partial charge >= 0.3 is 0 Å². The van der Waals surface area contributed by atoms with Crippen molar-refractivity contribution in [3.63, 3.8) is 0 Å². The van der Waals surface area contributed by atoms with Crippen LogP contribution in [0.25, 0.3) is 0 Å². The molecule has 1 aromatic rings. The molecule has 0 radical (unpaired) electrons. The van der Waals surface area contributed by atoms with Crippen molar-refractivity contribution in [1.29, 1.82) is 0 Å². The van der Waals surface area contributed by atoms with Gasteiger partial charge in [0.05, 0.1) is 5.75 Å². The third-order valence-corrected chi connectivity index (χ3v) is 4.66. The highest BCUT2D eigenvalue weighted by molar-refractivity contribution is 14.0. The van der Waals surface area contributed by atoms with Gasteiger partial charge in [-0.15, -0.1) is 24.0 Å². The third kappa shape index (κ3) is 11.6. The van der Waals surface area contributed by atoms with Gasteiger partial charge in [-0.2, -0.15) is 0 Å². The topological polar surface area (TPSA) is 73.8 Å². The summed E-state index contributed by atoms with van der Waals surface area (Å²) < 4.78 is 35.3. The minimum absolute atomic E-state index is 0. The number of halogens is 2. The van der Waals surface area contributed by atoms with E-state index in [1.807, 2.05) is 14.0 Å². The number of hydrogen-bond donors (Lipinski definition) is 2. The van der Waals surface area contributed by atoms with Crippen molar-refractivity contribution in [2.24, 2.45) is 4.99 Å². The van der Waals surface area contributed by atoms with Crippen LogP contribution >= 0.6 is 24.0 Å². The first-order valence-corrected chi connectivity index (χ1v) is 10.3. The molecule has 0 aromatic heterocycles. The number of nitrogens with one attached hydrogen (secondary N) is 2. The minimum Gasteiger partial charge on any atom is -0.355 e. The maximum Gasteiger partial charge on any atom is 0.191 e. The standard InChI is InChI=1S/C17H29FN4O2S.HI/c1-14(9-12-25(4,23)24)21-17(19-2)20-10-11-22(3)13-15-5-7-16(18)8-6-15;/h5-8,14H,9-13H2,1-4H3,(H2,19,20,21);1H. The van der Waals surface area contributed by atoms with Crippen LogP contribution in [0.4, 0.5) is 4.39 Å². The lowest BCUT2D eigenvalue weighted by Crippen LogP contribution is -2.44. The minimum atomic E-state index is -2.95. The second kappa shape index (κ2) is 12.4. The Morgan fingerprint density at radius 3 is 2.46 bits per heavy atom. The van der Waals surface area contributed by atoms with Crippen molar-refractivity contribution >= 4 is 39.8 Å². The molecule has 9 heteroatoms. The fourth-order valence-electron chi connectivity index (χ4n) is 2.24. The maximum atomic E-state index is 12.9. The summed E-state index contributed by atoms with van der Waals surface area (Å²) >= 11 is 0. The zero-order valence-electron chi connectivity index (χ0n) is 15.8. The normalized spacial score (nSPS) is 13.2. The van der Waals surface area contributed by atoms with Gasteiger partial charge in [0.1, 0.15) is 15.7 Å². The second-order valence-corrected chi connectivity index (χ2v) is 8.59. The van der Waals surface area contributed by atoms with E-state index in [9.17, 15) is 12.8 Å². The summed E-state index contributed by atoms with van der Waals surface area (Å²) in [6.45, 7) is 4.14. The summed E-state index contributed by atoms with van der Waals surface area (Å²) in [5.41, 5.74) is 1.06. The molecule has 0 aliphatic rings. The highest BCUT2D eigenvalue weighted by atomic mass is 127. The van der Waals surface area contributed by atoms with Gasteiger partial charge in [-0.3, -0.25) is 4.99 Å². The molecule has 0 fully saturated rings. The fraction of sp³-hybridized carbons (Fsp3) is 0.588. The number of guanidine groups is 1. The molecule has 26 heavy (non-hydrogen) atoms. The van der Waals surface area contributed by atoms with Gasteiger partial charge in [-0.25, -0.2) is 12.8 Å². The lowest BCUT2D eigenvalue weighted by Gasteiger charge is -2.20. The van der Waals surface area contributed by atoms with E-state index in [4.69, 9.17) is 0 Å². The SMILES string of the molecule is CN=C(NCCN(C)Cc1ccc(F)cc1)NC(C)CCS(C)(=O)=O.I. The van der Waals surface area contributed by atoms with Gasteiger partial charge in [0, 0.05) is 39.0 Å². The van der Waals surface area contributed by atoms with Gasteiger partial charge in [0.2, 0.25) is 0 Å². The van der Waals surface area contributed by atoms with Crippen LogP contribution in [0, 0.1) is 5.82 Å². The van der Waals surface area contributed by atoms with Crippen LogP contribution in [-0.4, -0.2) is 64.5 Å². The predicted molar refractivity (Wildman–Crippen MR) is 116 cm³/mol. The van der Waals surface area contributed by atoms with Crippen molar-refractivity contribution in [1.82, 2.24) is 15.5 Å². The number of aliphatic imine (C=N–C) groups is 1. The molecule has 0 saturated heterocycles. The number of rotatable bonds is 9. The van der Waals surface area contributed by atoms with E-state index in [0.717, 1.165) is 18.7 Å². The van der Waals surface area contributed by atoms with Crippen LogP contribution in [0.5, 0.6) is 0 Å². The lowest BCUT2D eigenvalue weighted by molar-refractivity contribution is 0.331. The highest BCUT2D eigenvalue weighted by Crippen LogP contribution is 2.05. The molecule has 0 aliphatic carbocycles. The van der Waals surface area contributed by atoms with Crippen molar-refractivity contribution in [2.45, 2.75) is 25.9 Å². The smallest absolute Gasteiger partial charge is 0.191 e. The van der Waals surface area contributed by atoms with E-state index in [0.29, 0.717) is 18.9 Å². The lowest BCUT2D eigenvalue weighted by atomic mass is 10.2. The zero-order chi connectivity index (χ0) is 18.9. The summed E-state index contributed by atoms with van der Waals surface area (Å²) in [4.78, 5) is 6.27. The van der Waals surface area contributed by atoms with Crippen molar-refractivity contribution in [2.75, 3.05) is 39.2 Å². The molecule has 1 rings (SSSR count). The van der Waals surface area contributed by atoms with E-state index >= 15 is 0 Å². The van der Waals surface area contributed by atoms with Gasteiger partial charge in [0.15, 0.2) is 5.96 Å². The molecule has 1 atom stereocenters. The Morgan fingerprint density at radius 2 is 1.92 bits per heavy atom. The Kier molecular flexibility index (Phi) is 12.0. The molecule has 6 nitrogen and oxygen atoms in total. The van der Waals surface area contributed by atoms with E-state index in [-0.39, 0.29) is 41.6 Å². The molecule has 0 aliphatic heterocycles. The molecule has 0 bridgehead atoms. The van der Waals surface area contributed by atoms with Gasteiger partial charge in [-0.1, -0.05) is 12.1 Å². The monoisotopic (exact) mass is 500 g/mol. The Balaban J connectivity index is 0.00000625. The number of sulfone groups is 1. The van der Waals surface area contributed by atoms with Gasteiger partial charge in [0.25, 0.3) is 0 Å². The summed E-state index contributed by atoms with van der Waals surface area (Å²) in [6.07, 6.45) is 1.77. The zero-order valence-corrected chi connectivity index (χ0v) is 19.0. The van der Waals surface area contributed by atoms with Crippen molar-refractivity contribution in [3.8, 4) is 0 Å². The second-order valence-electron chi connectivity index (χ2n) is 6.33. The number of nitrogens with zero attached hydrogens (tertiary/aromatic N) is 2. The summed E-state index contributed by atoms with van der Waals surface area (Å²) in [5, 5.41) is 6.39. The Labute approximate surface area is 173 Å². The van der Waals surface area contributed by atoms with E-state index in [1.54, 1.807) is 19.2 Å². The molecular formula is C17H30FIN4O2S. The van der Waals surface area contributed by atoms with Crippen LogP contribution in [0.2, 0.25) is 0 Å². The summed E-state index contributed by atoms with van der Waals surface area (Å²) in [5.74, 6) is 0.572. The summed E-state index contributed by atoms with van der Waals surface area (Å²) in [7, 11) is 0.725. The first kappa shape index (κ1) is 25.1. The third-order valence-electron chi connectivity index (χ3n) is 3.68. The molecular weight excluding hydrogens is 470 g/mol. The predicted octanol–water partition coefficient (Wildman–Crippen LogP) is 1.86. The first-order valence-electron chi connectivity index (χ1n) is 8.27. The van der Waals surface area contributed by atoms with Crippen LogP contribution < -0.4 is 10.6 Å². The number of hydrogen-bond acceptors (Lipinski definition) is 4. The Morgan fingerprint density at radius 1 is 1.31 bits per heavy atom. The van der Waals surface area contributed by atoms with Crippen LogP contribution in [-0.2, 0) is 16.4 Å². The average molecular weight is 500 g/mol.